The minimum absolute atomic E-state index is 0.277. The molecule has 2 aromatic heterocycles. The smallest absolute Gasteiger partial charge is 0.276 e. The number of fused-ring (bicyclic) bond motifs is 1. The van der Waals surface area contributed by atoms with Crippen LogP contribution in [0.15, 0.2) is 36.5 Å². The summed E-state index contributed by atoms with van der Waals surface area (Å²) in [6.45, 7) is 0. The molecule has 1 aromatic carbocycles. The molecule has 0 aliphatic heterocycles. The molecule has 6 nitrogen and oxygen atoms in total. The van der Waals surface area contributed by atoms with Crippen LogP contribution in [0.1, 0.15) is 28.2 Å². The molecule has 3 N–H and O–H groups in total. The Bertz CT molecular complexity index is 998. The lowest BCUT2D eigenvalue weighted by Gasteiger charge is -2.06. The maximum atomic E-state index is 13.6. The van der Waals surface area contributed by atoms with Crippen molar-refractivity contribution >= 4 is 17.4 Å². The molecule has 0 spiro atoms. The van der Waals surface area contributed by atoms with Crippen molar-refractivity contribution in [3.8, 4) is 5.69 Å². The number of amides is 1. The number of hydrogen-bond acceptors (Lipinski definition) is 4. The van der Waals surface area contributed by atoms with Gasteiger partial charge < -0.3 is 11.1 Å². The molecule has 0 unspecified atom stereocenters. The van der Waals surface area contributed by atoms with Gasteiger partial charge in [0.25, 0.3) is 5.91 Å². The lowest BCUT2D eigenvalue weighted by Crippen LogP contribution is -2.15. The Morgan fingerprint density at radius 3 is 2.73 bits per heavy atom. The van der Waals surface area contributed by atoms with Crippen LogP contribution >= 0.6 is 0 Å². The number of halogens is 2. The monoisotopic (exact) mass is 355 g/mol. The number of rotatable bonds is 3. The average Bonchev–Trinajstić information content (AvgIpc) is 3.22. The maximum Gasteiger partial charge on any atom is 0.276 e. The topological polar surface area (TPSA) is 85.8 Å². The SMILES string of the molecule is Nc1ccc(NC(=O)c2nn(-c3ccc(F)c(F)c3)c3c2CCC3)cn1. The van der Waals surface area contributed by atoms with Gasteiger partial charge in [-0.25, -0.2) is 18.4 Å². The molecule has 0 radical (unpaired) electrons. The molecule has 4 rings (SSSR count). The Morgan fingerprint density at radius 2 is 2.00 bits per heavy atom. The van der Waals surface area contributed by atoms with Crippen molar-refractivity contribution in [2.75, 3.05) is 11.1 Å². The number of nitrogens with two attached hydrogens (primary N) is 1. The summed E-state index contributed by atoms with van der Waals surface area (Å²) in [6.07, 6.45) is 3.76. The van der Waals surface area contributed by atoms with Crippen LogP contribution in [0.2, 0.25) is 0 Å². The first-order valence-corrected chi connectivity index (χ1v) is 8.12. The third-order valence-electron chi connectivity index (χ3n) is 4.34. The van der Waals surface area contributed by atoms with E-state index in [2.05, 4.69) is 15.4 Å². The van der Waals surface area contributed by atoms with Crippen molar-refractivity contribution in [1.29, 1.82) is 0 Å². The molecule has 132 valence electrons. The lowest BCUT2D eigenvalue weighted by atomic mass is 10.2. The van der Waals surface area contributed by atoms with E-state index in [0.29, 0.717) is 23.6 Å². The number of aromatic nitrogens is 3. The standard InChI is InChI=1S/C18H15F2N5O/c19-13-6-5-11(8-14(13)20)25-15-3-1-2-12(15)17(24-25)18(26)23-10-4-7-16(21)22-9-10/h4-9H,1-3H2,(H2,21,22)(H,23,26). The van der Waals surface area contributed by atoms with E-state index >= 15 is 0 Å². The first-order valence-electron chi connectivity index (χ1n) is 8.12. The van der Waals surface area contributed by atoms with E-state index in [1.807, 2.05) is 0 Å². The molecule has 1 aliphatic carbocycles. The van der Waals surface area contributed by atoms with Gasteiger partial charge in [0, 0.05) is 17.3 Å². The number of nitrogens with one attached hydrogen (secondary N) is 1. The lowest BCUT2D eigenvalue weighted by molar-refractivity contribution is 0.102. The normalized spacial score (nSPS) is 12.8. The Kier molecular flexibility index (Phi) is 3.87. The molecule has 1 amide bonds. The van der Waals surface area contributed by atoms with E-state index in [0.717, 1.165) is 36.2 Å². The van der Waals surface area contributed by atoms with E-state index in [9.17, 15) is 13.6 Å². The highest BCUT2D eigenvalue weighted by molar-refractivity contribution is 6.04. The fraction of sp³-hybridized carbons (Fsp3) is 0.167. The summed E-state index contributed by atoms with van der Waals surface area (Å²) in [5, 5.41) is 7.09. The van der Waals surface area contributed by atoms with Gasteiger partial charge in [0.1, 0.15) is 5.82 Å². The van der Waals surface area contributed by atoms with Gasteiger partial charge in [-0.3, -0.25) is 4.79 Å². The van der Waals surface area contributed by atoms with E-state index in [-0.39, 0.29) is 11.6 Å². The second kappa shape index (κ2) is 6.21. The third-order valence-corrected chi connectivity index (χ3v) is 4.34. The molecule has 2 heterocycles. The number of nitrogen functional groups attached to an aromatic ring is 1. The number of carbonyl (C=O) groups is 1. The van der Waals surface area contributed by atoms with E-state index in [1.54, 1.807) is 12.1 Å². The fourth-order valence-electron chi connectivity index (χ4n) is 3.12. The van der Waals surface area contributed by atoms with Gasteiger partial charge >= 0.3 is 0 Å². The number of anilines is 2. The van der Waals surface area contributed by atoms with E-state index in [4.69, 9.17) is 5.73 Å². The second-order valence-electron chi connectivity index (χ2n) is 6.06. The molecule has 0 bridgehead atoms. The van der Waals surface area contributed by atoms with Gasteiger partial charge in [0.2, 0.25) is 0 Å². The van der Waals surface area contributed by atoms with Gasteiger partial charge in [-0.15, -0.1) is 0 Å². The highest BCUT2D eigenvalue weighted by Crippen LogP contribution is 2.28. The molecular weight excluding hydrogens is 340 g/mol. The second-order valence-corrected chi connectivity index (χ2v) is 6.06. The molecule has 0 saturated carbocycles. The van der Waals surface area contributed by atoms with Gasteiger partial charge in [-0.1, -0.05) is 0 Å². The van der Waals surface area contributed by atoms with Crippen molar-refractivity contribution in [3.05, 3.63) is 65.1 Å². The van der Waals surface area contributed by atoms with Crippen LogP contribution in [-0.4, -0.2) is 20.7 Å². The number of nitrogens with zero attached hydrogens (tertiary/aromatic N) is 3. The van der Waals surface area contributed by atoms with E-state index < -0.39 is 11.6 Å². The maximum absolute atomic E-state index is 13.6. The zero-order valence-corrected chi connectivity index (χ0v) is 13.7. The van der Waals surface area contributed by atoms with Crippen molar-refractivity contribution in [2.45, 2.75) is 19.3 Å². The van der Waals surface area contributed by atoms with Gasteiger partial charge in [-0.05, 0) is 43.5 Å². The first-order chi connectivity index (χ1) is 12.5. The minimum Gasteiger partial charge on any atom is -0.384 e. The van der Waals surface area contributed by atoms with Gasteiger partial charge in [-0.2, -0.15) is 5.10 Å². The molecule has 1 aliphatic rings. The van der Waals surface area contributed by atoms with Crippen LogP contribution < -0.4 is 11.1 Å². The van der Waals surface area contributed by atoms with Crippen molar-refractivity contribution in [1.82, 2.24) is 14.8 Å². The van der Waals surface area contributed by atoms with Crippen LogP contribution in [-0.2, 0) is 12.8 Å². The summed E-state index contributed by atoms with van der Waals surface area (Å²) in [5.74, 6) is -1.90. The highest BCUT2D eigenvalue weighted by Gasteiger charge is 2.27. The number of pyridine rings is 1. The molecule has 8 heteroatoms. The number of hydrogen-bond donors (Lipinski definition) is 2. The van der Waals surface area contributed by atoms with Crippen LogP contribution in [0.5, 0.6) is 0 Å². The Morgan fingerprint density at radius 1 is 1.15 bits per heavy atom. The number of benzene rings is 1. The molecule has 0 saturated heterocycles. The van der Waals surface area contributed by atoms with Crippen LogP contribution in [0, 0.1) is 11.6 Å². The van der Waals surface area contributed by atoms with Crippen molar-refractivity contribution in [3.63, 3.8) is 0 Å². The molecule has 0 fully saturated rings. The summed E-state index contributed by atoms with van der Waals surface area (Å²) in [4.78, 5) is 16.6. The molecule has 3 aromatic rings. The highest BCUT2D eigenvalue weighted by atomic mass is 19.2. The van der Waals surface area contributed by atoms with Crippen molar-refractivity contribution < 1.29 is 13.6 Å². The summed E-state index contributed by atoms with van der Waals surface area (Å²) >= 11 is 0. The van der Waals surface area contributed by atoms with E-state index in [1.165, 1.54) is 16.9 Å². The number of carbonyl (C=O) groups excluding carboxylic acids is 1. The first kappa shape index (κ1) is 16.2. The predicted molar refractivity (Wildman–Crippen MR) is 92.1 cm³/mol. The van der Waals surface area contributed by atoms with Crippen LogP contribution in [0.4, 0.5) is 20.3 Å². The third kappa shape index (κ3) is 2.79. The van der Waals surface area contributed by atoms with Crippen molar-refractivity contribution in [2.24, 2.45) is 0 Å². The van der Waals surface area contributed by atoms with Crippen LogP contribution in [0.3, 0.4) is 0 Å². The van der Waals surface area contributed by atoms with Crippen LogP contribution in [0.25, 0.3) is 5.69 Å². The Balaban J connectivity index is 1.70. The minimum atomic E-state index is -0.955. The average molecular weight is 355 g/mol. The summed E-state index contributed by atoms with van der Waals surface area (Å²) in [6, 6.07) is 6.79. The van der Waals surface area contributed by atoms with Gasteiger partial charge in [0.15, 0.2) is 17.3 Å². The zero-order chi connectivity index (χ0) is 18.3. The largest absolute Gasteiger partial charge is 0.384 e. The van der Waals surface area contributed by atoms with Gasteiger partial charge in [0.05, 0.1) is 17.6 Å². The molecular formula is C18H15F2N5O. The summed E-state index contributed by atoms with van der Waals surface area (Å²) in [7, 11) is 0. The molecule has 26 heavy (non-hydrogen) atoms. The Hall–Kier alpha value is -3.29. The summed E-state index contributed by atoms with van der Waals surface area (Å²) < 4.78 is 28.3. The Labute approximate surface area is 147 Å². The zero-order valence-electron chi connectivity index (χ0n) is 13.7. The summed E-state index contributed by atoms with van der Waals surface area (Å²) in [5.41, 5.74) is 8.37. The predicted octanol–water partition coefficient (Wildman–Crippen LogP) is 2.87. The fourth-order valence-corrected chi connectivity index (χ4v) is 3.12. The molecule has 0 atom stereocenters. The quantitative estimate of drug-likeness (QED) is 0.756.